The summed E-state index contributed by atoms with van der Waals surface area (Å²) in [7, 11) is 0. The summed E-state index contributed by atoms with van der Waals surface area (Å²) in [5.41, 5.74) is 0.877. The minimum Gasteiger partial charge on any atom is -0.350 e. The van der Waals surface area contributed by atoms with Gasteiger partial charge in [0.2, 0.25) is 5.95 Å². The molecule has 0 aliphatic heterocycles. The first kappa shape index (κ1) is 12.9. The molecule has 3 atom stereocenters. The van der Waals surface area contributed by atoms with Crippen molar-refractivity contribution in [2.75, 3.05) is 5.32 Å². The summed E-state index contributed by atoms with van der Waals surface area (Å²) in [6.07, 6.45) is 5.78. The highest BCUT2D eigenvalue weighted by Crippen LogP contribution is 2.31. The van der Waals surface area contributed by atoms with Crippen LogP contribution in [0.3, 0.4) is 0 Å². The highest BCUT2D eigenvalue weighted by atomic mass is 79.9. The molecule has 2 aromatic heterocycles. The fourth-order valence-electron chi connectivity index (χ4n) is 2.87. The SMILES string of the molecule is CC1CCCC(Nc2nc3ccc(Br)cn3n2)C1C. The molecule has 1 saturated carbocycles. The molecule has 0 radical (unpaired) electrons. The van der Waals surface area contributed by atoms with Crippen molar-refractivity contribution in [2.45, 2.75) is 39.2 Å². The molecule has 1 aliphatic carbocycles. The van der Waals surface area contributed by atoms with E-state index < -0.39 is 0 Å². The average molecular weight is 323 g/mol. The van der Waals surface area contributed by atoms with Crippen molar-refractivity contribution in [3.63, 3.8) is 0 Å². The van der Waals surface area contributed by atoms with Crippen LogP contribution in [0.15, 0.2) is 22.8 Å². The van der Waals surface area contributed by atoms with Gasteiger partial charge in [0.15, 0.2) is 5.65 Å². The predicted octanol–water partition coefficient (Wildman–Crippen LogP) is 3.73. The predicted molar refractivity (Wildman–Crippen MR) is 80.3 cm³/mol. The van der Waals surface area contributed by atoms with Crippen LogP contribution in [0.25, 0.3) is 5.65 Å². The molecule has 19 heavy (non-hydrogen) atoms. The first-order chi connectivity index (χ1) is 9.13. The van der Waals surface area contributed by atoms with Crippen LogP contribution >= 0.6 is 15.9 Å². The molecule has 2 aromatic rings. The number of pyridine rings is 1. The monoisotopic (exact) mass is 322 g/mol. The molecular weight excluding hydrogens is 304 g/mol. The van der Waals surface area contributed by atoms with Gasteiger partial charge in [-0.1, -0.05) is 26.7 Å². The van der Waals surface area contributed by atoms with E-state index in [4.69, 9.17) is 0 Å². The Kier molecular flexibility index (Phi) is 3.48. The molecule has 1 aliphatic rings. The third-order valence-electron chi connectivity index (χ3n) is 4.32. The largest absolute Gasteiger partial charge is 0.350 e. The van der Waals surface area contributed by atoms with E-state index >= 15 is 0 Å². The summed E-state index contributed by atoms with van der Waals surface area (Å²) >= 11 is 3.45. The Balaban J connectivity index is 1.81. The van der Waals surface area contributed by atoms with Crippen molar-refractivity contribution < 1.29 is 0 Å². The number of anilines is 1. The van der Waals surface area contributed by atoms with E-state index in [2.05, 4.69) is 45.2 Å². The summed E-state index contributed by atoms with van der Waals surface area (Å²) in [6, 6.07) is 4.44. The van der Waals surface area contributed by atoms with Gasteiger partial charge < -0.3 is 5.32 Å². The Morgan fingerprint density at radius 3 is 3.00 bits per heavy atom. The Bertz CT molecular complexity index is 580. The van der Waals surface area contributed by atoms with Crippen molar-refractivity contribution in [3.05, 3.63) is 22.8 Å². The number of hydrogen-bond acceptors (Lipinski definition) is 3. The second-order valence-electron chi connectivity index (χ2n) is 5.60. The van der Waals surface area contributed by atoms with Gasteiger partial charge in [-0.3, -0.25) is 0 Å². The molecule has 5 heteroatoms. The van der Waals surface area contributed by atoms with E-state index in [1.165, 1.54) is 19.3 Å². The van der Waals surface area contributed by atoms with Crippen LogP contribution in [-0.2, 0) is 0 Å². The van der Waals surface area contributed by atoms with E-state index in [9.17, 15) is 0 Å². The lowest BCUT2D eigenvalue weighted by molar-refractivity contribution is 0.252. The molecule has 1 N–H and O–H groups in total. The molecule has 102 valence electrons. The van der Waals surface area contributed by atoms with Crippen molar-refractivity contribution in [1.82, 2.24) is 14.6 Å². The number of fused-ring (bicyclic) bond motifs is 1. The number of nitrogens with zero attached hydrogens (tertiary/aromatic N) is 3. The molecule has 1 fully saturated rings. The van der Waals surface area contributed by atoms with Crippen LogP contribution in [0, 0.1) is 11.8 Å². The normalized spacial score (nSPS) is 27.6. The van der Waals surface area contributed by atoms with E-state index in [1.54, 1.807) is 0 Å². The molecule has 0 saturated heterocycles. The lowest BCUT2D eigenvalue weighted by Gasteiger charge is -2.34. The molecule has 3 unspecified atom stereocenters. The van der Waals surface area contributed by atoms with Crippen LogP contribution in [0.4, 0.5) is 5.95 Å². The third kappa shape index (κ3) is 2.61. The molecule has 0 aromatic carbocycles. The van der Waals surface area contributed by atoms with E-state index in [-0.39, 0.29) is 0 Å². The van der Waals surface area contributed by atoms with E-state index in [1.807, 2.05) is 22.8 Å². The summed E-state index contributed by atoms with van der Waals surface area (Å²) < 4.78 is 2.82. The lowest BCUT2D eigenvalue weighted by atomic mass is 9.78. The van der Waals surface area contributed by atoms with Crippen LogP contribution in [0.5, 0.6) is 0 Å². The average Bonchev–Trinajstić information content (AvgIpc) is 2.76. The fraction of sp³-hybridized carbons (Fsp3) is 0.571. The van der Waals surface area contributed by atoms with Crippen LogP contribution in [0.2, 0.25) is 0 Å². The number of halogens is 1. The van der Waals surface area contributed by atoms with Crippen molar-refractivity contribution in [3.8, 4) is 0 Å². The Morgan fingerprint density at radius 1 is 1.32 bits per heavy atom. The highest BCUT2D eigenvalue weighted by Gasteiger charge is 2.27. The summed E-state index contributed by atoms with van der Waals surface area (Å²) in [5, 5.41) is 8.00. The zero-order chi connectivity index (χ0) is 13.4. The second-order valence-corrected chi connectivity index (χ2v) is 6.52. The molecule has 0 bridgehead atoms. The van der Waals surface area contributed by atoms with Crippen molar-refractivity contribution in [2.24, 2.45) is 11.8 Å². The first-order valence-electron chi connectivity index (χ1n) is 6.92. The minimum absolute atomic E-state index is 0.490. The Labute approximate surface area is 121 Å². The van der Waals surface area contributed by atoms with Crippen molar-refractivity contribution >= 4 is 27.5 Å². The second kappa shape index (κ2) is 5.12. The van der Waals surface area contributed by atoms with E-state index in [0.29, 0.717) is 12.0 Å². The molecule has 0 amide bonds. The van der Waals surface area contributed by atoms with Gasteiger partial charge in [0.1, 0.15) is 0 Å². The Morgan fingerprint density at radius 2 is 2.16 bits per heavy atom. The maximum absolute atomic E-state index is 4.53. The number of nitrogens with one attached hydrogen (secondary N) is 1. The standard InChI is InChI=1S/C14H19BrN4/c1-9-4-3-5-12(10(9)2)16-14-17-13-7-6-11(15)8-19(13)18-14/h6-10,12H,3-5H2,1-2H3,(H,16,18). The molecule has 2 heterocycles. The van der Waals surface area contributed by atoms with Gasteiger partial charge in [-0.2, -0.15) is 4.98 Å². The number of aromatic nitrogens is 3. The zero-order valence-corrected chi connectivity index (χ0v) is 12.9. The maximum Gasteiger partial charge on any atom is 0.243 e. The van der Waals surface area contributed by atoms with Gasteiger partial charge in [0.05, 0.1) is 0 Å². The number of hydrogen-bond donors (Lipinski definition) is 1. The third-order valence-corrected chi connectivity index (χ3v) is 4.79. The van der Waals surface area contributed by atoms with Crippen molar-refractivity contribution in [1.29, 1.82) is 0 Å². The van der Waals surface area contributed by atoms with Gasteiger partial charge in [0.25, 0.3) is 0 Å². The smallest absolute Gasteiger partial charge is 0.243 e. The molecular formula is C14H19BrN4. The summed E-state index contributed by atoms with van der Waals surface area (Å²) in [5.74, 6) is 2.19. The van der Waals surface area contributed by atoms with Gasteiger partial charge in [-0.05, 0) is 46.3 Å². The summed E-state index contributed by atoms with van der Waals surface area (Å²) in [6.45, 7) is 4.67. The number of rotatable bonds is 2. The van der Waals surface area contributed by atoms with Gasteiger partial charge in [-0.15, -0.1) is 5.10 Å². The Hall–Kier alpha value is -1.10. The van der Waals surface area contributed by atoms with Crippen LogP contribution in [-0.4, -0.2) is 20.6 Å². The van der Waals surface area contributed by atoms with Gasteiger partial charge in [-0.25, -0.2) is 4.52 Å². The minimum atomic E-state index is 0.490. The van der Waals surface area contributed by atoms with Gasteiger partial charge >= 0.3 is 0 Å². The van der Waals surface area contributed by atoms with E-state index in [0.717, 1.165) is 22.0 Å². The summed E-state index contributed by atoms with van der Waals surface area (Å²) in [4.78, 5) is 4.53. The lowest BCUT2D eigenvalue weighted by Crippen LogP contribution is -2.35. The maximum atomic E-state index is 4.53. The molecule has 3 rings (SSSR count). The van der Waals surface area contributed by atoms with Crippen LogP contribution in [0.1, 0.15) is 33.1 Å². The molecule has 0 spiro atoms. The fourth-order valence-corrected chi connectivity index (χ4v) is 3.20. The zero-order valence-electron chi connectivity index (χ0n) is 11.3. The highest BCUT2D eigenvalue weighted by molar-refractivity contribution is 9.10. The molecule has 4 nitrogen and oxygen atoms in total. The van der Waals surface area contributed by atoms with Gasteiger partial charge in [0, 0.05) is 16.7 Å². The van der Waals surface area contributed by atoms with Crippen LogP contribution < -0.4 is 5.32 Å². The topological polar surface area (TPSA) is 42.2 Å². The first-order valence-corrected chi connectivity index (χ1v) is 7.71. The quantitative estimate of drug-likeness (QED) is 0.916.